The number of aromatic nitrogens is 2. The lowest BCUT2D eigenvalue weighted by molar-refractivity contribution is 0.0937. The number of nitrogens with one attached hydrogen (secondary N) is 2. The first kappa shape index (κ1) is 15.9. The quantitative estimate of drug-likeness (QED) is 0.835. The van der Waals surface area contributed by atoms with Gasteiger partial charge in [0.15, 0.2) is 5.69 Å². The molecule has 1 aromatic rings. The molecule has 0 spiro atoms. The summed E-state index contributed by atoms with van der Waals surface area (Å²) in [6.45, 7) is 7.68. The molecule has 0 aromatic carbocycles. The van der Waals surface area contributed by atoms with Crippen molar-refractivity contribution in [2.45, 2.75) is 52.9 Å². The van der Waals surface area contributed by atoms with Gasteiger partial charge in [-0.2, -0.15) is 5.10 Å². The molecule has 3 aliphatic rings. The van der Waals surface area contributed by atoms with Crippen molar-refractivity contribution in [2.75, 3.05) is 6.54 Å². The highest BCUT2D eigenvalue weighted by atomic mass is 16.1. The van der Waals surface area contributed by atoms with Crippen LogP contribution in [0.25, 0.3) is 0 Å². The van der Waals surface area contributed by atoms with Gasteiger partial charge in [-0.05, 0) is 61.2 Å². The molecule has 24 heavy (non-hydrogen) atoms. The number of aromatic amines is 1. The fourth-order valence-corrected chi connectivity index (χ4v) is 4.86. The minimum absolute atomic E-state index is 0.00816. The van der Waals surface area contributed by atoms with Crippen LogP contribution in [-0.2, 0) is 12.8 Å². The van der Waals surface area contributed by atoms with E-state index in [1.807, 2.05) is 0 Å². The number of carbonyl (C=O) groups is 1. The van der Waals surface area contributed by atoms with Gasteiger partial charge in [0.25, 0.3) is 5.91 Å². The molecule has 4 unspecified atom stereocenters. The summed E-state index contributed by atoms with van der Waals surface area (Å²) < 4.78 is 0. The summed E-state index contributed by atoms with van der Waals surface area (Å²) in [4.78, 5) is 12.7. The van der Waals surface area contributed by atoms with Crippen LogP contribution in [0.4, 0.5) is 0 Å². The zero-order valence-electron chi connectivity index (χ0n) is 15.1. The lowest BCUT2D eigenvalue weighted by Crippen LogP contribution is -2.33. The number of fused-ring (bicyclic) bond motifs is 3. The van der Waals surface area contributed by atoms with Crippen LogP contribution < -0.4 is 5.32 Å². The standard InChI is InChI=1S/C20H29N3O/c1-20(2,3)15-6-7-17-16(10-15)18(23-22-17)19(24)21-11-14-9-12-4-5-13(14)8-12/h4-5,12-15H,6-11H2,1-3H3,(H,21,24)(H,22,23). The van der Waals surface area contributed by atoms with E-state index in [0.29, 0.717) is 23.4 Å². The van der Waals surface area contributed by atoms with Gasteiger partial charge in [-0.1, -0.05) is 32.9 Å². The third-order valence-electron chi connectivity index (χ3n) is 6.53. The largest absolute Gasteiger partial charge is 0.350 e. The third-order valence-corrected chi connectivity index (χ3v) is 6.53. The second-order valence-corrected chi connectivity index (χ2v) is 9.09. The van der Waals surface area contributed by atoms with Gasteiger partial charge in [0.2, 0.25) is 0 Å². The van der Waals surface area contributed by atoms with Crippen molar-refractivity contribution in [3.05, 3.63) is 29.1 Å². The molecule has 4 nitrogen and oxygen atoms in total. The van der Waals surface area contributed by atoms with E-state index in [2.05, 4.69) is 48.4 Å². The molecule has 130 valence electrons. The molecule has 1 heterocycles. The molecular formula is C20H29N3O. The molecule has 1 fully saturated rings. The fraction of sp³-hybridized carbons (Fsp3) is 0.700. The first-order valence-electron chi connectivity index (χ1n) is 9.44. The van der Waals surface area contributed by atoms with E-state index >= 15 is 0 Å². The molecule has 0 radical (unpaired) electrons. The lowest BCUT2D eigenvalue weighted by Gasteiger charge is -2.33. The van der Waals surface area contributed by atoms with Crippen LogP contribution in [0.3, 0.4) is 0 Å². The molecule has 1 aromatic heterocycles. The lowest BCUT2D eigenvalue weighted by atomic mass is 9.71. The first-order chi connectivity index (χ1) is 11.4. The van der Waals surface area contributed by atoms with Gasteiger partial charge in [0.05, 0.1) is 0 Å². The average molecular weight is 327 g/mol. The van der Waals surface area contributed by atoms with Crippen LogP contribution in [0.15, 0.2) is 12.2 Å². The summed E-state index contributed by atoms with van der Waals surface area (Å²) in [5, 5.41) is 10.6. The smallest absolute Gasteiger partial charge is 0.272 e. The molecule has 2 N–H and O–H groups in total. The Morgan fingerprint density at radius 1 is 1.33 bits per heavy atom. The Hall–Kier alpha value is -1.58. The van der Waals surface area contributed by atoms with Crippen molar-refractivity contribution in [1.29, 1.82) is 0 Å². The van der Waals surface area contributed by atoms with Crippen molar-refractivity contribution in [3.8, 4) is 0 Å². The van der Waals surface area contributed by atoms with Crippen LogP contribution >= 0.6 is 0 Å². The molecular weight excluding hydrogens is 298 g/mol. The molecule has 0 aliphatic heterocycles. The van der Waals surface area contributed by atoms with Crippen LogP contribution in [0.5, 0.6) is 0 Å². The molecule has 0 saturated heterocycles. The predicted octanol–water partition coefficient (Wildman–Crippen LogP) is 3.50. The zero-order chi connectivity index (χ0) is 16.9. The number of aryl methyl sites for hydroxylation is 1. The Bertz CT molecular complexity index is 667. The summed E-state index contributed by atoms with van der Waals surface area (Å²) >= 11 is 0. The van der Waals surface area contributed by atoms with E-state index in [0.717, 1.165) is 30.9 Å². The summed E-state index contributed by atoms with van der Waals surface area (Å²) in [6.07, 6.45) is 10.4. The molecule has 4 heteroatoms. The van der Waals surface area contributed by atoms with E-state index in [1.54, 1.807) is 0 Å². The van der Waals surface area contributed by atoms with Gasteiger partial charge in [-0.25, -0.2) is 0 Å². The van der Waals surface area contributed by atoms with Crippen molar-refractivity contribution in [3.63, 3.8) is 0 Å². The highest BCUT2D eigenvalue weighted by Gasteiger charge is 2.36. The summed E-state index contributed by atoms with van der Waals surface area (Å²) in [7, 11) is 0. The highest BCUT2D eigenvalue weighted by Crippen LogP contribution is 2.43. The number of H-pyrrole nitrogens is 1. The van der Waals surface area contributed by atoms with Gasteiger partial charge in [-0.3, -0.25) is 9.89 Å². The van der Waals surface area contributed by atoms with Gasteiger partial charge in [0.1, 0.15) is 0 Å². The number of hydrogen-bond donors (Lipinski definition) is 2. The van der Waals surface area contributed by atoms with Crippen LogP contribution in [0.1, 0.15) is 61.8 Å². The maximum absolute atomic E-state index is 12.7. The third kappa shape index (κ3) is 2.80. The highest BCUT2D eigenvalue weighted by molar-refractivity contribution is 5.94. The molecule has 3 aliphatic carbocycles. The summed E-state index contributed by atoms with van der Waals surface area (Å²) in [5.74, 6) is 2.66. The second-order valence-electron chi connectivity index (χ2n) is 9.09. The normalized spacial score (nSPS) is 31.3. The van der Waals surface area contributed by atoms with Crippen LogP contribution in [0, 0.1) is 29.1 Å². The monoisotopic (exact) mass is 327 g/mol. The number of rotatable bonds is 3. The predicted molar refractivity (Wildman–Crippen MR) is 94.7 cm³/mol. The maximum atomic E-state index is 12.7. The Balaban J connectivity index is 1.42. The number of nitrogens with zero attached hydrogens (tertiary/aromatic N) is 1. The van der Waals surface area contributed by atoms with E-state index in [1.165, 1.54) is 25.0 Å². The molecule has 1 amide bonds. The Labute approximate surface area is 144 Å². The zero-order valence-corrected chi connectivity index (χ0v) is 15.1. The molecule has 2 bridgehead atoms. The Kier molecular flexibility index (Phi) is 3.81. The van der Waals surface area contributed by atoms with Gasteiger partial charge < -0.3 is 5.32 Å². The van der Waals surface area contributed by atoms with E-state index in [4.69, 9.17) is 0 Å². The molecule has 1 saturated carbocycles. The van der Waals surface area contributed by atoms with Gasteiger partial charge in [0, 0.05) is 17.8 Å². The number of hydrogen-bond acceptors (Lipinski definition) is 2. The molecule has 4 atom stereocenters. The van der Waals surface area contributed by atoms with Crippen molar-refractivity contribution in [2.24, 2.45) is 29.1 Å². The molecule has 4 rings (SSSR count). The Morgan fingerprint density at radius 3 is 2.83 bits per heavy atom. The average Bonchev–Trinajstić information content (AvgIpc) is 3.25. The number of allylic oxidation sites excluding steroid dienone is 2. The van der Waals surface area contributed by atoms with Gasteiger partial charge in [-0.15, -0.1) is 0 Å². The Morgan fingerprint density at radius 2 is 2.17 bits per heavy atom. The van der Waals surface area contributed by atoms with E-state index in [-0.39, 0.29) is 11.3 Å². The van der Waals surface area contributed by atoms with Crippen molar-refractivity contribution >= 4 is 5.91 Å². The maximum Gasteiger partial charge on any atom is 0.272 e. The van der Waals surface area contributed by atoms with Crippen molar-refractivity contribution < 1.29 is 4.79 Å². The van der Waals surface area contributed by atoms with Crippen molar-refractivity contribution in [1.82, 2.24) is 15.5 Å². The topological polar surface area (TPSA) is 57.8 Å². The minimum Gasteiger partial charge on any atom is -0.350 e. The van der Waals surface area contributed by atoms with E-state index < -0.39 is 0 Å². The van der Waals surface area contributed by atoms with Crippen LogP contribution in [0.2, 0.25) is 0 Å². The summed E-state index contributed by atoms with van der Waals surface area (Å²) in [5.41, 5.74) is 3.24. The number of carbonyl (C=O) groups excluding carboxylic acids is 1. The minimum atomic E-state index is 0.00816. The SMILES string of the molecule is CC(C)(C)C1CCc2[nH]nc(C(=O)NCC3CC4C=CC3C4)c2C1. The summed E-state index contributed by atoms with van der Waals surface area (Å²) in [6, 6.07) is 0. The van der Waals surface area contributed by atoms with E-state index in [9.17, 15) is 4.79 Å². The van der Waals surface area contributed by atoms with Gasteiger partial charge >= 0.3 is 0 Å². The fourth-order valence-electron chi connectivity index (χ4n) is 4.86. The second kappa shape index (κ2) is 5.75. The van der Waals surface area contributed by atoms with Crippen LogP contribution in [-0.4, -0.2) is 22.6 Å². The number of amides is 1. The first-order valence-corrected chi connectivity index (χ1v) is 9.44.